The SMILES string of the molecule is Cc1ccc(C2=CC3c4ccccc4N(c4ccc5ccccc5c4)C3c3sc4ccccc4c32)cc1-c1ccccc1Cc1ccccc1. The van der Waals surface area contributed by atoms with Crippen LogP contribution in [0.2, 0.25) is 0 Å². The van der Waals surface area contributed by atoms with Crippen LogP contribution < -0.4 is 4.90 Å². The summed E-state index contributed by atoms with van der Waals surface area (Å²) < 4.78 is 1.35. The van der Waals surface area contributed by atoms with Gasteiger partial charge in [0.1, 0.15) is 0 Å². The van der Waals surface area contributed by atoms with Gasteiger partial charge in [0.05, 0.1) is 6.04 Å². The van der Waals surface area contributed by atoms with Crippen molar-refractivity contribution in [3.63, 3.8) is 0 Å². The summed E-state index contributed by atoms with van der Waals surface area (Å²) in [4.78, 5) is 4.07. The first-order chi connectivity index (χ1) is 24.7. The second-order valence-corrected chi connectivity index (χ2v) is 14.8. The maximum absolute atomic E-state index is 2.62. The molecule has 0 radical (unpaired) electrons. The van der Waals surface area contributed by atoms with E-state index in [9.17, 15) is 0 Å². The fourth-order valence-corrected chi connectivity index (χ4v) is 9.80. The Morgan fingerprint density at radius 2 is 1.38 bits per heavy atom. The number of aryl methyl sites for hydroxylation is 1. The van der Waals surface area contributed by atoms with Crippen molar-refractivity contribution in [2.75, 3.05) is 4.90 Å². The van der Waals surface area contributed by atoms with Crippen molar-refractivity contribution in [3.8, 4) is 11.1 Å². The first kappa shape index (κ1) is 29.2. The van der Waals surface area contributed by atoms with Gasteiger partial charge in [-0.2, -0.15) is 0 Å². The number of rotatable bonds is 5. The summed E-state index contributed by atoms with van der Waals surface area (Å²) in [6.07, 6.45) is 3.50. The third kappa shape index (κ3) is 4.67. The van der Waals surface area contributed by atoms with Crippen LogP contribution in [-0.4, -0.2) is 0 Å². The lowest BCUT2D eigenvalue weighted by Gasteiger charge is -2.33. The van der Waals surface area contributed by atoms with Crippen molar-refractivity contribution >= 4 is 49.1 Å². The minimum Gasteiger partial charge on any atom is -0.332 e. The predicted octanol–water partition coefficient (Wildman–Crippen LogP) is 13.0. The molecule has 50 heavy (non-hydrogen) atoms. The average molecular weight is 658 g/mol. The number of hydrogen-bond acceptors (Lipinski definition) is 2. The molecule has 2 heteroatoms. The fraction of sp³-hybridized carbons (Fsp3) is 0.0833. The third-order valence-corrected chi connectivity index (χ3v) is 12.0. The van der Waals surface area contributed by atoms with Crippen LogP contribution in [0, 0.1) is 6.92 Å². The highest BCUT2D eigenvalue weighted by Crippen LogP contribution is 2.60. The van der Waals surface area contributed by atoms with Gasteiger partial charge < -0.3 is 4.90 Å². The summed E-state index contributed by atoms with van der Waals surface area (Å²) in [6, 6.07) is 60.8. The van der Waals surface area contributed by atoms with Crippen molar-refractivity contribution in [2.45, 2.75) is 25.3 Å². The Balaban J connectivity index is 1.16. The van der Waals surface area contributed by atoms with Crippen molar-refractivity contribution in [3.05, 3.63) is 208 Å². The van der Waals surface area contributed by atoms with E-state index >= 15 is 0 Å². The van der Waals surface area contributed by atoms with Crippen LogP contribution in [0.5, 0.6) is 0 Å². The zero-order valence-corrected chi connectivity index (χ0v) is 28.7. The van der Waals surface area contributed by atoms with Crippen molar-refractivity contribution < 1.29 is 0 Å². The molecule has 2 unspecified atom stereocenters. The molecule has 10 rings (SSSR count). The Labute approximate surface area is 297 Å². The van der Waals surface area contributed by atoms with Gasteiger partial charge in [0.15, 0.2) is 0 Å². The zero-order chi connectivity index (χ0) is 33.2. The van der Waals surface area contributed by atoms with Crippen LogP contribution in [0.4, 0.5) is 11.4 Å². The minimum absolute atomic E-state index is 0.182. The summed E-state index contributed by atoms with van der Waals surface area (Å²) in [6.45, 7) is 2.25. The van der Waals surface area contributed by atoms with Crippen LogP contribution in [0.15, 0.2) is 170 Å². The van der Waals surface area contributed by atoms with E-state index in [1.165, 1.54) is 87.2 Å². The van der Waals surface area contributed by atoms with E-state index in [4.69, 9.17) is 0 Å². The maximum atomic E-state index is 2.62. The number of nitrogens with zero attached hydrogens (tertiary/aromatic N) is 1. The number of anilines is 2. The number of thiophene rings is 1. The van der Waals surface area contributed by atoms with Gasteiger partial charge in [0.2, 0.25) is 0 Å². The molecule has 0 spiro atoms. The van der Waals surface area contributed by atoms with Crippen LogP contribution in [0.3, 0.4) is 0 Å². The lowest BCUT2D eigenvalue weighted by Crippen LogP contribution is -2.24. The van der Waals surface area contributed by atoms with Crippen molar-refractivity contribution in [2.24, 2.45) is 0 Å². The molecule has 1 aliphatic carbocycles. The van der Waals surface area contributed by atoms with Gasteiger partial charge in [-0.15, -0.1) is 11.3 Å². The fourth-order valence-electron chi connectivity index (χ4n) is 8.44. The number of fused-ring (bicyclic) bond motifs is 8. The molecule has 2 atom stereocenters. The molecular formula is C48H35NS. The van der Waals surface area contributed by atoms with Gasteiger partial charge >= 0.3 is 0 Å². The highest BCUT2D eigenvalue weighted by Gasteiger charge is 2.44. The van der Waals surface area contributed by atoms with Gasteiger partial charge in [0.25, 0.3) is 0 Å². The van der Waals surface area contributed by atoms with E-state index < -0.39 is 0 Å². The highest BCUT2D eigenvalue weighted by molar-refractivity contribution is 7.19. The van der Waals surface area contributed by atoms with Gasteiger partial charge in [0, 0.05) is 37.8 Å². The Kier molecular flexibility index (Phi) is 6.85. The third-order valence-electron chi connectivity index (χ3n) is 10.8. The normalized spacial score (nSPS) is 16.3. The summed E-state index contributed by atoms with van der Waals surface area (Å²) in [5.74, 6) is 0.225. The van der Waals surface area contributed by atoms with Gasteiger partial charge in [-0.3, -0.25) is 0 Å². The van der Waals surface area contributed by atoms with Gasteiger partial charge in [-0.05, 0) is 99.0 Å². The summed E-state index contributed by atoms with van der Waals surface area (Å²) in [7, 11) is 0. The molecule has 0 saturated heterocycles. The molecule has 0 bridgehead atoms. The molecule has 1 aliphatic heterocycles. The second-order valence-electron chi connectivity index (χ2n) is 13.7. The van der Waals surface area contributed by atoms with Crippen LogP contribution in [0.25, 0.3) is 37.6 Å². The van der Waals surface area contributed by atoms with Gasteiger partial charge in [-0.1, -0.05) is 140 Å². The molecule has 2 heterocycles. The lowest BCUT2D eigenvalue weighted by atomic mass is 9.79. The largest absolute Gasteiger partial charge is 0.332 e. The van der Waals surface area contributed by atoms with E-state index in [2.05, 4.69) is 182 Å². The predicted molar refractivity (Wildman–Crippen MR) is 213 cm³/mol. The Morgan fingerprint density at radius 1 is 0.620 bits per heavy atom. The van der Waals surface area contributed by atoms with E-state index in [-0.39, 0.29) is 12.0 Å². The van der Waals surface area contributed by atoms with E-state index in [1.54, 1.807) is 0 Å². The van der Waals surface area contributed by atoms with E-state index in [0.717, 1.165) is 6.42 Å². The molecule has 0 fully saturated rings. The van der Waals surface area contributed by atoms with Crippen molar-refractivity contribution in [1.82, 2.24) is 0 Å². The van der Waals surface area contributed by atoms with Crippen molar-refractivity contribution in [1.29, 1.82) is 0 Å². The summed E-state index contributed by atoms with van der Waals surface area (Å²) in [5.41, 5.74) is 14.6. The topological polar surface area (TPSA) is 3.24 Å². The van der Waals surface area contributed by atoms with E-state index in [1.807, 2.05) is 11.3 Å². The minimum atomic E-state index is 0.182. The monoisotopic (exact) mass is 657 g/mol. The summed E-state index contributed by atoms with van der Waals surface area (Å²) in [5, 5.41) is 3.89. The molecule has 0 amide bonds. The molecule has 2 aliphatic rings. The molecule has 0 N–H and O–H groups in total. The Bertz CT molecular complexity index is 2610. The number of hydrogen-bond donors (Lipinski definition) is 0. The molecule has 238 valence electrons. The highest BCUT2D eigenvalue weighted by atomic mass is 32.1. The zero-order valence-electron chi connectivity index (χ0n) is 27.9. The molecular weight excluding hydrogens is 623 g/mol. The van der Waals surface area contributed by atoms with Crippen LogP contribution in [0.1, 0.15) is 50.2 Å². The quantitative estimate of drug-likeness (QED) is 0.178. The second kappa shape index (κ2) is 11.7. The van der Waals surface area contributed by atoms with E-state index in [0.29, 0.717) is 0 Å². The smallest absolute Gasteiger partial charge is 0.0795 e. The molecule has 1 nitrogen and oxygen atoms in total. The first-order valence-electron chi connectivity index (χ1n) is 17.5. The van der Waals surface area contributed by atoms with Crippen LogP contribution in [-0.2, 0) is 6.42 Å². The van der Waals surface area contributed by atoms with Crippen LogP contribution >= 0.6 is 11.3 Å². The molecule has 1 aromatic heterocycles. The molecule has 0 saturated carbocycles. The standard InChI is InChI=1S/C48H35NS/c1-31-23-24-36(29-41(31)38-18-8-7-17-35(38)27-32-13-3-2-4-14-32)42-30-43-39-19-9-11-21-44(39)49(37-26-25-33-15-5-6-16-34(33)28-37)47(43)48-46(42)40-20-10-12-22-45(40)50-48/h2-26,28-30,43,47H,27H2,1H3. The summed E-state index contributed by atoms with van der Waals surface area (Å²) >= 11 is 1.97. The molecule has 7 aromatic carbocycles. The Morgan fingerprint density at radius 3 is 2.30 bits per heavy atom. The molecule has 8 aromatic rings. The lowest BCUT2D eigenvalue weighted by molar-refractivity contribution is 0.678. The number of benzene rings is 7. The Hall–Kier alpha value is -5.70. The maximum Gasteiger partial charge on any atom is 0.0795 e. The average Bonchev–Trinajstić information content (AvgIpc) is 3.72. The first-order valence-corrected chi connectivity index (χ1v) is 18.4. The van der Waals surface area contributed by atoms with Gasteiger partial charge in [-0.25, -0.2) is 0 Å². The number of para-hydroxylation sites is 1.